The number of tetrazole rings is 1. The van der Waals surface area contributed by atoms with Gasteiger partial charge in [0.05, 0.1) is 10.9 Å². The molecule has 2 heterocycles. The van der Waals surface area contributed by atoms with Gasteiger partial charge < -0.3 is 4.90 Å². The molecule has 0 spiro atoms. The van der Waals surface area contributed by atoms with Gasteiger partial charge in [-0.25, -0.2) is 0 Å². The maximum Gasteiger partial charge on any atom is 0.235 e. The van der Waals surface area contributed by atoms with Crippen molar-refractivity contribution in [2.75, 3.05) is 13.1 Å². The average molecular weight is 317 g/mol. The number of hydrogen-bond donors (Lipinski definition) is 0. The van der Waals surface area contributed by atoms with Crippen LogP contribution in [0, 0.1) is 6.92 Å². The van der Waals surface area contributed by atoms with Gasteiger partial charge in [0.2, 0.25) is 11.1 Å². The van der Waals surface area contributed by atoms with Gasteiger partial charge in [-0.2, -0.15) is 4.68 Å². The summed E-state index contributed by atoms with van der Waals surface area (Å²) in [6.07, 6.45) is 2.20. The van der Waals surface area contributed by atoms with Gasteiger partial charge >= 0.3 is 0 Å². The molecule has 1 aliphatic rings. The lowest BCUT2D eigenvalue weighted by Crippen LogP contribution is -2.34. The first-order valence-electron chi connectivity index (χ1n) is 7.46. The SMILES string of the molecule is Cc1ccc(-n2nnnc2SC(C)C(=O)N2CCCC2)cc1. The van der Waals surface area contributed by atoms with E-state index in [0.717, 1.165) is 31.6 Å². The Bertz CT molecular complexity index is 648. The summed E-state index contributed by atoms with van der Waals surface area (Å²) >= 11 is 1.41. The summed E-state index contributed by atoms with van der Waals surface area (Å²) in [6, 6.07) is 7.99. The number of carbonyl (C=O) groups excluding carboxylic acids is 1. The highest BCUT2D eigenvalue weighted by atomic mass is 32.2. The molecule has 1 aromatic carbocycles. The predicted molar refractivity (Wildman–Crippen MR) is 85.0 cm³/mol. The minimum Gasteiger partial charge on any atom is -0.342 e. The quantitative estimate of drug-likeness (QED) is 0.808. The van der Waals surface area contributed by atoms with E-state index in [2.05, 4.69) is 15.5 Å². The molecule has 1 saturated heterocycles. The third kappa shape index (κ3) is 3.14. The Kier molecular flexibility index (Phi) is 4.42. The lowest BCUT2D eigenvalue weighted by atomic mass is 10.2. The molecular weight excluding hydrogens is 298 g/mol. The molecule has 3 rings (SSSR count). The van der Waals surface area contributed by atoms with E-state index in [1.54, 1.807) is 4.68 Å². The number of likely N-dealkylation sites (tertiary alicyclic amines) is 1. The van der Waals surface area contributed by atoms with Gasteiger partial charge in [0.1, 0.15) is 0 Å². The highest BCUT2D eigenvalue weighted by Gasteiger charge is 2.25. The van der Waals surface area contributed by atoms with Crippen LogP contribution in [0.1, 0.15) is 25.3 Å². The first kappa shape index (κ1) is 15.0. The van der Waals surface area contributed by atoms with Crippen LogP contribution in [0.2, 0.25) is 0 Å². The molecule has 1 unspecified atom stereocenters. The number of hydrogen-bond acceptors (Lipinski definition) is 5. The molecule has 0 saturated carbocycles. The maximum atomic E-state index is 12.4. The first-order chi connectivity index (χ1) is 10.6. The van der Waals surface area contributed by atoms with Crippen LogP contribution in [0.3, 0.4) is 0 Å². The first-order valence-corrected chi connectivity index (χ1v) is 8.34. The topological polar surface area (TPSA) is 63.9 Å². The molecule has 1 aliphatic heterocycles. The Hall–Kier alpha value is -1.89. The van der Waals surface area contributed by atoms with Crippen LogP contribution < -0.4 is 0 Å². The van der Waals surface area contributed by atoms with E-state index >= 15 is 0 Å². The highest BCUT2D eigenvalue weighted by molar-refractivity contribution is 8.00. The van der Waals surface area contributed by atoms with Crippen LogP contribution in [0.25, 0.3) is 5.69 Å². The molecule has 1 fully saturated rings. The smallest absolute Gasteiger partial charge is 0.235 e. The third-order valence-electron chi connectivity index (χ3n) is 3.77. The second-order valence-corrected chi connectivity index (χ2v) is 6.81. The Morgan fingerprint density at radius 1 is 1.23 bits per heavy atom. The molecule has 1 atom stereocenters. The van der Waals surface area contributed by atoms with Gasteiger partial charge in [-0.15, -0.1) is 5.10 Å². The van der Waals surface area contributed by atoms with Crippen molar-refractivity contribution < 1.29 is 4.79 Å². The lowest BCUT2D eigenvalue weighted by Gasteiger charge is -2.19. The number of aromatic nitrogens is 4. The van der Waals surface area contributed by atoms with Crippen molar-refractivity contribution in [3.05, 3.63) is 29.8 Å². The number of benzene rings is 1. The zero-order valence-corrected chi connectivity index (χ0v) is 13.6. The van der Waals surface area contributed by atoms with E-state index in [4.69, 9.17) is 0 Å². The monoisotopic (exact) mass is 317 g/mol. The summed E-state index contributed by atoms with van der Waals surface area (Å²) in [6.45, 7) is 5.69. The molecule has 0 N–H and O–H groups in total. The Labute approximate surface area is 133 Å². The van der Waals surface area contributed by atoms with E-state index < -0.39 is 0 Å². The minimum atomic E-state index is -0.187. The van der Waals surface area contributed by atoms with Gasteiger partial charge in [-0.1, -0.05) is 29.5 Å². The van der Waals surface area contributed by atoms with Crippen molar-refractivity contribution >= 4 is 17.7 Å². The van der Waals surface area contributed by atoms with Crippen molar-refractivity contribution in [1.82, 2.24) is 25.1 Å². The zero-order chi connectivity index (χ0) is 15.5. The Balaban J connectivity index is 1.74. The highest BCUT2D eigenvalue weighted by Crippen LogP contribution is 2.25. The molecule has 1 aromatic heterocycles. The number of amides is 1. The zero-order valence-electron chi connectivity index (χ0n) is 12.8. The fourth-order valence-electron chi connectivity index (χ4n) is 2.50. The predicted octanol–water partition coefficient (Wildman–Crippen LogP) is 2.07. The fourth-order valence-corrected chi connectivity index (χ4v) is 3.40. The number of thioether (sulfide) groups is 1. The van der Waals surface area contributed by atoms with E-state index in [1.807, 2.05) is 43.0 Å². The molecule has 1 amide bonds. The molecule has 0 bridgehead atoms. The van der Waals surface area contributed by atoms with Gasteiger partial charge in [0, 0.05) is 13.1 Å². The third-order valence-corrected chi connectivity index (χ3v) is 4.79. The van der Waals surface area contributed by atoms with Crippen molar-refractivity contribution in [3.63, 3.8) is 0 Å². The van der Waals surface area contributed by atoms with Crippen LogP contribution in [0.15, 0.2) is 29.4 Å². The Morgan fingerprint density at radius 3 is 2.59 bits per heavy atom. The van der Waals surface area contributed by atoms with Gasteiger partial charge in [0.15, 0.2) is 0 Å². The molecule has 2 aromatic rings. The second-order valence-electron chi connectivity index (χ2n) is 5.50. The molecule has 0 aliphatic carbocycles. The number of rotatable bonds is 4. The van der Waals surface area contributed by atoms with Crippen molar-refractivity contribution in [2.24, 2.45) is 0 Å². The fraction of sp³-hybridized carbons (Fsp3) is 0.467. The van der Waals surface area contributed by atoms with Crippen LogP contribution in [-0.2, 0) is 4.79 Å². The van der Waals surface area contributed by atoms with E-state index in [-0.39, 0.29) is 11.2 Å². The summed E-state index contributed by atoms with van der Waals surface area (Å²) in [7, 11) is 0. The second kappa shape index (κ2) is 6.48. The van der Waals surface area contributed by atoms with Crippen molar-refractivity contribution in [2.45, 2.75) is 37.1 Å². The van der Waals surface area contributed by atoms with E-state index in [0.29, 0.717) is 5.16 Å². The van der Waals surface area contributed by atoms with Crippen molar-refractivity contribution in [1.29, 1.82) is 0 Å². The molecule has 0 radical (unpaired) electrons. The minimum absolute atomic E-state index is 0.168. The summed E-state index contributed by atoms with van der Waals surface area (Å²) in [4.78, 5) is 14.3. The maximum absolute atomic E-state index is 12.4. The molecule has 22 heavy (non-hydrogen) atoms. The standard InChI is InChI=1S/C15H19N5OS/c1-11-5-7-13(8-6-11)20-15(16-17-18-20)22-12(2)14(21)19-9-3-4-10-19/h5-8,12H,3-4,9-10H2,1-2H3. The molecule has 116 valence electrons. The van der Waals surface area contributed by atoms with Gasteiger partial charge in [-0.05, 0) is 49.2 Å². The summed E-state index contributed by atoms with van der Waals surface area (Å²) in [5, 5.41) is 12.3. The normalized spacial score (nSPS) is 16.0. The van der Waals surface area contributed by atoms with Crippen LogP contribution in [-0.4, -0.2) is 49.4 Å². The number of aryl methyl sites for hydroxylation is 1. The molecule has 7 heteroatoms. The van der Waals surface area contributed by atoms with E-state index in [1.165, 1.54) is 17.3 Å². The lowest BCUT2D eigenvalue weighted by molar-refractivity contribution is -0.129. The average Bonchev–Trinajstić information content (AvgIpc) is 3.18. The van der Waals surface area contributed by atoms with Crippen molar-refractivity contribution in [3.8, 4) is 5.69 Å². The molecule has 6 nitrogen and oxygen atoms in total. The van der Waals surface area contributed by atoms with Crippen LogP contribution in [0.4, 0.5) is 0 Å². The largest absolute Gasteiger partial charge is 0.342 e. The van der Waals surface area contributed by atoms with E-state index in [9.17, 15) is 4.79 Å². The summed E-state index contributed by atoms with van der Waals surface area (Å²) in [5.74, 6) is 0.168. The van der Waals surface area contributed by atoms with Gasteiger partial charge in [-0.3, -0.25) is 4.79 Å². The van der Waals surface area contributed by atoms with Crippen LogP contribution >= 0.6 is 11.8 Å². The number of carbonyl (C=O) groups is 1. The Morgan fingerprint density at radius 2 is 1.91 bits per heavy atom. The summed E-state index contributed by atoms with van der Waals surface area (Å²) in [5.41, 5.74) is 2.09. The van der Waals surface area contributed by atoms with Gasteiger partial charge in [0.25, 0.3) is 0 Å². The molecular formula is C15H19N5OS. The summed E-state index contributed by atoms with van der Waals surface area (Å²) < 4.78 is 1.68. The number of nitrogens with zero attached hydrogens (tertiary/aromatic N) is 5. The van der Waals surface area contributed by atoms with Crippen LogP contribution in [0.5, 0.6) is 0 Å².